The fourth-order valence-corrected chi connectivity index (χ4v) is 3.82. The summed E-state index contributed by atoms with van der Waals surface area (Å²) in [5, 5.41) is 24.3. The van der Waals surface area contributed by atoms with Gasteiger partial charge in [-0.15, -0.1) is 0 Å². The number of fused-ring (bicyclic) bond motifs is 2. The number of aromatic amines is 1. The summed E-state index contributed by atoms with van der Waals surface area (Å²) in [6, 6.07) is 8.95. The van der Waals surface area contributed by atoms with Crippen LogP contribution in [0.5, 0.6) is 0 Å². The van der Waals surface area contributed by atoms with E-state index in [0.29, 0.717) is 24.4 Å². The first-order valence-electron chi connectivity index (χ1n) is 9.78. The summed E-state index contributed by atoms with van der Waals surface area (Å²) in [6.45, 7) is 3.32. The number of nitrogens with zero attached hydrogens (tertiary/aromatic N) is 6. The molecule has 0 spiro atoms. The Morgan fingerprint density at radius 3 is 3.00 bits per heavy atom. The quantitative estimate of drug-likeness (QED) is 0.520. The first kappa shape index (κ1) is 19.0. The van der Waals surface area contributed by atoms with Gasteiger partial charge in [-0.05, 0) is 32.0 Å². The number of aromatic nitrogens is 5. The number of hydrogen-bond acceptors (Lipinski definition) is 7. The summed E-state index contributed by atoms with van der Waals surface area (Å²) >= 11 is 0. The average Bonchev–Trinajstić information content (AvgIpc) is 3.48. The lowest BCUT2D eigenvalue weighted by Crippen LogP contribution is -2.41. The predicted molar refractivity (Wildman–Crippen MR) is 107 cm³/mol. The number of oxazole rings is 1. The van der Waals surface area contributed by atoms with Gasteiger partial charge in [-0.25, -0.2) is 9.50 Å². The molecule has 0 aromatic carbocycles. The Morgan fingerprint density at radius 2 is 2.26 bits per heavy atom. The largest absolute Gasteiger partial charge is 0.431 e. The summed E-state index contributed by atoms with van der Waals surface area (Å²) in [5.74, 6) is -0.795. The lowest BCUT2D eigenvalue weighted by atomic mass is 9.99. The minimum absolute atomic E-state index is 0.0888. The van der Waals surface area contributed by atoms with Gasteiger partial charge in [-0.2, -0.15) is 15.3 Å². The fraction of sp³-hybridized carbons (Fsp3) is 0.286. The van der Waals surface area contributed by atoms with E-state index >= 15 is 0 Å². The first-order chi connectivity index (χ1) is 14.9. The Bertz CT molecular complexity index is 1300. The van der Waals surface area contributed by atoms with Crippen molar-refractivity contribution in [2.45, 2.75) is 31.9 Å². The van der Waals surface area contributed by atoms with Crippen molar-refractivity contribution in [3.8, 4) is 6.07 Å². The molecule has 1 aliphatic heterocycles. The molecule has 1 atom stereocenters. The van der Waals surface area contributed by atoms with E-state index in [1.165, 1.54) is 13.8 Å². The normalized spacial score (nSPS) is 16.3. The van der Waals surface area contributed by atoms with E-state index in [1.807, 2.05) is 36.5 Å². The van der Waals surface area contributed by atoms with E-state index in [4.69, 9.17) is 4.42 Å². The zero-order chi connectivity index (χ0) is 21.8. The Labute approximate surface area is 176 Å². The van der Waals surface area contributed by atoms with Crippen molar-refractivity contribution in [3.05, 3.63) is 71.2 Å². The van der Waals surface area contributed by atoms with Gasteiger partial charge >= 0.3 is 0 Å². The number of rotatable bonds is 3. The van der Waals surface area contributed by atoms with Gasteiger partial charge in [0.1, 0.15) is 17.7 Å². The number of H-pyrrole nitrogens is 1. The second-order valence-corrected chi connectivity index (χ2v) is 7.92. The van der Waals surface area contributed by atoms with Crippen molar-refractivity contribution < 1.29 is 14.3 Å². The molecule has 5 rings (SSSR count). The molecule has 0 fully saturated rings. The third-order valence-electron chi connectivity index (χ3n) is 5.31. The van der Waals surface area contributed by atoms with Crippen LogP contribution < -0.4 is 0 Å². The van der Waals surface area contributed by atoms with E-state index in [0.717, 1.165) is 11.2 Å². The number of aliphatic hydroxyl groups is 1. The summed E-state index contributed by atoms with van der Waals surface area (Å²) in [7, 11) is 0. The molecule has 0 radical (unpaired) electrons. The smallest absolute Gasteiger partial charge is 0.293 e. The number of hydrogen-bond donors (Lipinski definition) is 2. The minimum atomic E-state index is -1.43. The minimum Gasteiger partial charge on any atom is -0.431 e. The maximum Gasteiger partial charge on any atom is 0.293 e. The van der Waals surface area contributed by atoms with Crippen molar-refractivity contribution in [1.82, 2.24) is 29.5 Å². The average molecular weight is 417 g/mol. The molecule has 4 aromatic rings. The van der Waals surface area contributed by atoms with Crippen LogP contribution in [0.2, 0.25) is 0 Å². The van der Waals surface area contributed by atoms with Crippen LogP contribution in [0.3, 0.4) is 0 Å². The van der Waals surface area contributed by atoms with Crippen LogP contribution in [0, 0.1) is 11.3 Å². The van der Waals surface area contributed by atoms with Crippen LogP contribution in [-0.4, -0.2) is 47.0 Å². The Kier molecular flexibility index (Phi) is 4.16. The third-order valence-corrected chi connectivity index (χ3v) is 5.31. The van der Waals surface area contributed by atoms with E-state index in [9.17, 15) is 15.2 Å². The van der Waals surface area contributed by atoms with Gasteiger partial charge in [0.25, 0.3) is 5.91 Å². The molecule has 5 heterocycles. The number of pyridine rings is 1. The third kappa shape index (κ3) is 3.06. The van der Waals surface area contributed by atoms with Gasteiger partial charge < -0.3 is 19.4 Å². The summed E-state index contributed by atoms with van der Waals surface area (Å²) in [5.41, 5.74) is 1.57. The molecule has 31 heavy (non-hydrogen) atoms. The summed E-state index contributed by atoms with van der Waals surface area (Å²) in [6.07, 6.45) is 4.00. The number of carbonyl (C=O) groups is 1. The van der Waals surface area contributed by atoms with Crippen molar-refractivity contribution in [3.63, 3.8) is 0 Å². The lowest BCUT2D eigenvalue weighted by Gasteiger charge is -2.33. The van der Waals surface area contributed by atoms with Crippen molar-refractivity contribution in [2.75, 3.05) is 6.54 Å². The molecule has 0 saturated carbocycles. The molecule has 0 unspecified atom stereocenters. The molecule has 0 saturated heterocycles. The van der Waals surface area contributed by atoms with Gasteiger partial charge in [0, 0.05) is 24.9 Å². The molecular weight excluding hydrogens is 398 g/mol. The molecular formula is C21H19N7O3. The predicted octanol–water partition coefficient (Wildman–Crippen LogP) is 1.93. The van der Waals surface area contributed by atoms with Crippen LogP contribution in [0.15, 0.2) is 41.2 Å². The van der Waals surface area contributed by atoms with E-state index in [2.05, 4.69) is 20.1 Å². The summed E-state index contributed by atoms with van der Waals surface area (Å²) < 4.78 is 7.31. The van der Waals surface area contributed by atoms with Crippen LogP contribution >= 0.6 is 0 Å². The standard InChI is InChI=1S/C21H19N7O3/c1-21(2,30)20-25-15(10-22)18(31-20)19(29)27-8-6-13-16(24-11-23-13)17(27)14-9-12-5-3-4-7-28(12)26-14/h3-5,7,9,11,17,30H,6,8H2,1-2H3,(H,23,24)/t17-/m1/s1. The van der Waals surface area contributed by atoms with Gasteiger partial charge in [0.15, 0.2) is 5.69 Å². The number of imidazole rings is 1. The van der Waals surface area contributed by atoms with Gasteiger partial charge in [0.2, 0.25) is 11.7 Å². The Morgan fingerprint density at radius 1 is 1.42 bits per heavy atom. The molecule has 10 nitrogen and oxygen atoms in total. The second-order valence-electron chi connectivity index (χ2n) is 7.92. The fourth-order valence-electron chi connectivity index (χ4n) is 3.82. The van der Waals surface area contributed by atoms with E-state index in [-0.39, 0.29) is 17.3 Å². The number of amides is 1. The molecule has 10 heteroatoms. The maximum absolute atomic E-state index is 13.5. The summed E-state index contributed by atoms with van der Waals surface area (Å²) in [4.78, 5) is 26.7. The second kappa shape index (κ2) is 6.78. The molecule has 1 amide bonds. The highest BCUT2D eigenvalue weighted by atomic mass is 16.4. The molecule has 1 aliphatic rings. The molecule has 0 bridgehead atoms. The topological polar surface area (TPSA) is 136 Å². The van der Waals surface area contributed by atoms with Crippen LogP contribution in [0.1, 0.15) is 59.1 Å². The molecule has 4 aromatic heterocycles. The molecule has 0 aliphatic carbocycles. The van der Waals surface area contributed by atoms with E-state index < -0.39 is 17.6 Å². The van der Waals surface area contributed by atoms with Crippen LogP contribution in [0.25, 0.3) is 5.52 Å². The lowest BCUT2D eigenvalue weighted by molar-refractivity contribution is 0.0440. The highest BCUT2D eigenvalue weighted by molar-refractivity contribution is 5.94. The highest BCUT2D eigenvalue weighted by Crippen LogP contribution is 2.35. The van der Waals surface area contributed by atoms with Crippen molar-refractivity contribution in [2.24, 2.45) is 0 Å². The highest BCUT2D eigenvalue weighted by Gasteiger charge is 2.39. The van der Waals surface area contributed by atoms with Crippen LogP contribution in [0.4, 0.5) is 0 Å². The van der Waals surface area contributed by atoms with Crippen molar-refractivity contribution in [1.29, 1.82) is 5.26 Å². The monoisotopic (exact) mass is 417 g/mol. The first-order valence-corrected chi connectivity index (χ1v) is 9.78. The van der Waals surface area contributed by atoms with Crippen LogP contribution in [-0.2, 0) is 12.0 Å². The SMILES string of the molecule is CC(C)(O)c1nc(C#N)c(C(=O)N2CCc3[nH]cnc3[C@H]2c2cc3ccccn3n2)o1. The Balaban J connectivity index is 1.62. The zero-order valence-electron chi connectivity index (χ0n) is 16.9. The number of nitriles is 1. The van der Waals surface area contributed by atoms with Gasteiger partial charge in [-0.1, -0.05) is 6.07 Å². The molecule has 156 valence electrons. The van der Waals surface area contributed by atoms with E-state index in [1.54, 1.807) is 15.7 Å². The zero-order valence-corrected chi connectivity index (χ0v) is 16.9. The Hall–Kier alpha value is -3.97. The maximum atomic E-state index is 13.5. The van der Waals surface area contributed by atoms with Crippen molar-refractivity contribution >= 4 is 11.4 Å². The number of carbonyl (C=O) groups excluding carboxylic acids is 1. The van der Waals surface area contributed by atoms with Gasteiger partial charge in [-0.3, -0.25) is 4.79 Å². The number of nitrogens with one attached hydrogen (secondary N) is 1. The molecule has 2 N–H and O–H groups in total. The van der Waals surface area contributed by atoms with Gasteiger partial charge in [0.05, 0.1) is 23.2 Å².